The van der Waals surface area contributed by atoms with Crippen molar-refractivity contribution in [2.45, 2.75) is 19.6 Å². The lowest BCUT2D eigenvalue weighted by Crippen LogP contribution is -2.35. The number of carbonyl (C=O) groups excluding carboxylic acids is 1. The monoisotopic (exact) mass is 318 g/mol. The van der Waals surface area contributed by atoms with E-state index < -0.39 is 0 Å². The third-order valence-corrected chi connectivity index (χ3v) is 4.28. The summed E-state index contributed by atoms with van der Waals surface area (Å²) in [6, 6.07) is 18.1. The molecular formula is C19H18N4O. The van der Waals surface area contributed by atoms with Crippen molar-refractivity contribution in [2.75, 3.05) is 0 Å². The molecule has 1 N–H and O–H groups in total. The number of nitrogens with zero attached hydrogens (tertiary/aromatic N) is 3. The fraction of sp³-hybridized carbons (Fsp3) is 0.158. The van der Waals surface area contributed by atoms with Gasteiger partial charge in [0.15, 0.2) is 0 Å². The van der Waals surface area contributed by atoms with Gasteiger partial charge in [-0.2, -0.15) is 5.10 Å². The van der Waals surface area contributed by atoms with Crippen LogP contribution >= 0.6 is 0 Å². The van der Waals surface area contributed by atoms with Crippen molar-refractivity contribution in [3.63, 3.8) is 0 Å². The molecular weight excluding hydrogens is 300 g/mol. The first-order valence-corrected chi connectivity index (χ1v) is 7.98. The number of hydrogen-bond acceptors (Lipinski definition) is 2. The lowest BCUT2D eigenvalue weighted by Gasteiger charge is -2.16. The average molecular weight is 318 g/mol. The van der Waals surface area contributed by atoms with Crippen LogP contribution in [0, 0.1) is 0 Å². The largest absolute Gasteiger partial charge is 0.334 e. The van der Waals surface area contributed by atoms with E-state index in [4.69, 9.17) is 0 Å². The molecule has 1 aliphatic rings. The number of hydrogen-bond donors (Lipinski definition) is 1. The van der Waals surface area contributed by atoms with Crippen LogP contribution in [0.4, 0.5) is 4.79 Å². The van der Waals surface area contributed by atoms with Crippen molar-refractivity contribution in [1.82, 2.24) is 20.0 Å². The second-order valence-corrected chi connectivity index (χ2v) is 5.90. The molecule has 24 heavy (non-hydrogen) atoms. The molecule has 1 aliphatic heterocycles. The summed E-state index contributed by atoms with van der Waals surface area (Å²) in [7, 11) is 0. The Balaban J connectivity index is 1.35. The maximum Gasteiger partial charge on any atom is 0.318 e. The molecule has 2 heterocycles. The Morgan fingerprint density at radius 1 is 1.00 bits per heavy atom. The Labute approximate surface area is 140 Å². The molecule has 0 aliphatic carbocycles. The van der Waals surface area contributed by atoms with Gasteiger partial charge in [0.2, 0.25) is 0 Å². The van der Waals surface area contributed by atoms with E-state index >= 15 is 0 Å². The highest BCUT2D eigenvalue weighted by atomic mass is 16.2. The molecule has 0 radical (unpaired) electrons. The number of urea groups is 1. The fourth-order valence-corrected chi connectivity index (χ4v) is 2.95. The molecule has 4 rings (SSSR count). The molecule has 3 aromatic rings. The van der Waals surface area contributed by atoms with Gasteiger partial charge in [0.05, 0.1) is 5.69 Å². The minimum atomic E-state index is -0.0256. The van der Waals surface area contributed by atoms with E-state index in [-0.39, 0.29) is 6.03 Å². The highest BCUT2D eigenvalue weighted by molar-refractivity contribution is 5.75. The lowest BCUT2D eigenvalue weighted by atomic mass is 10.1. The molecule has 2 amide bonds. The van der Waals surface area contributed by atoms with Crippen LogP contribution in [0.1, 0.15) is 16.7 Å². The summed E-state index contributed by atoms with van der Waals surface area (Å²) in [6.45, 7) is 1.88. The predicted molar refractivity (Wildman–Crippen MR) is 91.5 cm³/mol. The third kappa shape index (κ3) is 2.88. The quantitative estimate of drug-likeness (QED) is 0.807. The van der Waals surface area contributed by atoms with Crippen molar-refractivity contribution in [3.8, 4) is 5.69 Å². The number of fused-ring (bicyclic) bond motifs is 1. The van der Waals surface area contributed by atoms with Crippen molar-refractivity contribution in [2.24, 2.45) is 0 Å². The SMILES string of the molecule is O=C(NCc1ccc(-n2cccn2)cc1)N1Cc2ccccc2C1. The van der Waals surface area contributed by atoms with Gasteiger partial charge in [0.1, 0.15) is 0 Å². The van der Waals surface area contributed by atoms with Gasteiger partial charge in [-0.25, -0.2) is 9.48 Å². The summed E-state index contributed by atoms with van der Waals surface area (Å²) in [6.07, 6.45) is 3.66. The molecule has 0 bridgehead atoms. The summed E-state index contributed by atoms with van der Waals surface area (Å²) in [5, 5.41) is 7.20. The maximum absolute atomic E-state index is 12.3. The van der Waals surface area contributed by atoms with E-state index in [1.807, 2.05) is 58.2 Å². The zero-order valence-electron chi connectivity index (χ0n) is 13.2. The first-order valence-electron chi connectivity index (χ1n) is 7.98. The summed E-state index contributed by atoms with van der Waals surface area (Å²) in [4.78, 5) is 14.2. The van der Waals surface area contributed by atoms with E-state index in [0.717, 1.165) is 11.3 Å². The van der Waals surface area contributed by atoms with Crippen molar-refractivity contribution in [1.29, 1.82) is 0 Å². The van der Waals surface area contributed by atoms with E-state index in [0.29, 0.717) is 19.6 Å². The number of rotatable bonds is 3. The highest BCUT2D eigenvalue weighted by Crippen LogP contribution is 2.22. The molecule has 2 aromatic carbocycles. The van der Waals surface area contributed by atoms with Crippen LogP contribution in [0.2, 0.25) is 0 Å². The van der Waals surface area contributed by atoms with E-state index in [1.54, 1.807) is 6.20 Å². The molecule has 0 saturated carbocycles. The Morgan fingerprint density at radius 3 is 2.33 bits per heavy atom. The second kappa shape index (κ2) is 6.20. The van der Waals surface area contributed by atoms with Crippen LogP contribution in [0.5, 0.6) is 0 Å². The van der Waals surface area contributed by atoms with Crippen LogP contribution in [0.15, 0.2) is 67.0 Å². The molecule has 0 spiro atoms. The predicted octanol–water partition coefficient (Wildman–Crippen LogP) is 3.10. The molecule has 5 heteroatoms. The minimum Gasteiger partial charge on any atom is -0.334 e. The van der Waals surface area contributed by atoms with E-state index in [9.17, 15) is 4.79 Å². The van der Waals surface area contributed by atoms with Gasteiger partial charge in [-0.3, -0.25) is 0 Å². The topological polar surface area (TPSA) is 50.2 Å². The lowest BCUT2D eigenvalue weighted by molar-refractivity contribution is 0.198. The van der Waals surface area contributed by atoms with Gasteiger partial charge in [0.25, 0.3) is 0 Å². The molecule has 0 fully saturated rings. The number of carbonyl (C=O) groups is 1. The van der Waals surface area contributed by atoms with Gasteiger partial charge in [-0.05, 0) is 34.9 Å². The summed E-state index contributed by atoms with van der Waals surface area (Å²) in [5.74, 6) is 0. The van der Waals surface area contributed by atoms with Crippen LogP contribution in [0.25, 0.3) is 5.69 Å². The standard InChI is InChI=1S/C19H18N4O/c24-19(22-13-16-4-1-2-5-17(16)14-22)20-12-15-6-8-18(9-7-15)23-11-3-10-21-23/h1-11H,12-14H2,(H,20,24). The number of amides is 2. The van der Waals surface area contributed by atoms with Gasteiger partial charge >= 0.3 is 6.03 Å². The summed E-state index contributed by atoms with van der Waals surface area (Å²) < 4.78 is 1.81. The van der Waals surface area contributed by atoms with Gasteiger partial charge < -0.3 is 10.2 Å². The molecule has 0 unspecified atom stereocenters. The Bertz CT molecular complexity index is 815. The Morgan fingerprint density at radius 2 is 1.71 bits per heavy atom. The molecule has 0 atom stereocenters. The minimum absolute atomic E-state index is 0.0256. The second-order valence-electron chi connectivity index (χ2n) is 5.90. The van der Waals surface area contributed by atoms with E-state index in [2.05, 4.69) is 22.5 Å². The Kier molecular flexibility index (Phi) is 3.75. The van der Waals surface area contributed by atoms with Crippen molar-refractivity contribution in [3.05, 3.63) is 83.7 Å². The highest BCUT2D eigenvalue weighted by Gasteiger charge is 2.22. The normalized spacial score (nSPS) is 12.9. The van der Waals surface area contributed by atoms with Gasteiger partial charge in [-0.15, -0.1) is 0 Å². The molecule has 120 valence electrons. The van der Waals surface area contributed by atoms with Crippen molar-refractivity contribution < 1.29 is 4.79 Å². The van der Waals surface area contributed by atoms with Gasteiger partial charge in [0, 0.05) is 32.0 Å². The first-order chi connectivity index (χ1) is 11.8. The van der Waals surface area contributed by atoms with Crippen LogP contribution < -0.4 is 5.32 Å². The smallest absolute Gasteiger partial charge is 0.318 e. The summed E-state index contributed by atoms with van der Waals surface area (Å²) in [5.41, 5.74) is 4.54. The zero-order valence-corrected chi connectivity index (χ0v) is 13.2. The summed E-state index contributed by atoms with van der Waals surface area (Å²) >= 11 is 0. The first kappa shape index (κ1) is 14.5. The zero-order chi connectivity index (χ0) is 16.4. The molecule has 5 nitrogen and oxygen atoms in total. The third-order valence-electron chi connectivity index (χ3n) is 4.28. The van der Waals surface area contributed by atoms with E-state index in [1.165, 1.54) is 11.1 Å². The number of benzene rings is 2. The molecule has 1 aromatic heterocycles. The maximum atomic E-state index is 12.3. The molecule has 0 saturated heterocycles. The van der Waals surface area contributed by atoms with Gasteiger partial charge in [-0.1, -0.05) is 36.4 Å². The van der Waals surface area contributed by atoms with Crippen molar-refractivity contribution >= 4 is 6.03 Å². The fourth-order valence-electron chi connectivity index (χ4n) is 2.95. The van der Waals surface area contributed by atoms with Crippen LogP contribution in [0.3, 0.4) is 0 Å². The number of nitrogens with one attached hydrogen (secondary N) is 1. The number of aromatic nitrogens is 2. The Hall–Kier alpha value is -3.08. The van der Waals surface area contributed by atoms with Crippen LogP contribution in [-0.2, 0) is 19.6 Å². The van der Waals surface area contributed by atoms with Crippen LogP contribution in [-0.4, -0.2) is 20.7 Å². The average Bonchev–Trinajstić information content (AvgIpc) is 3.29.